The second-order valence-corrected chi connectivity index (χ2v) is 3.62. The van der Waals surface area contributed by atoms with Crippen molar-refractivity contribution in [3.05, 3.63) is 28.7 Å². The van der Waals surface area contributed by atoms with Gasteiger partial charge in [0, 0.05) is 5.38 Å². The summed E-state index contributed by atoms with van der Waals surface area (Å²) >= 11 is 1.68. The van der Waals surface area contributed by atoms with Gasteiger partial charge in [0.1, 0.15) is 0 Å². The van der Waals surface area contributed by atoms with E-state index in [0.717, 1.165) is 17.2 Å². The smallest absolute Gasteiger partial charge is 0.0898 e. The lowest BCUT2D eigenvalue weighted by Crippen LogP contribution is -2.18. The minimum atomic E-state index is 0.208. The predicted molar refractivity (Wildman–Crippen MR) is 53.5 cm³/mol. The molecule has 1 aromatic heterocycles. The van der Waals surface area contributed by atoms with Crippen LogP contribution in [0, 0.1) is 6.92 Å². The fourth-order valence-electron chi connectivity index (χ4n) is 1.05. The molecule has 1 atom stereocenters. The van der Waals surface area contributed by atoms with Gasteiger partial charge >= 0.3 is 0 Å². The standard InChI is InChI=1S/C9H14N2S/c1-4-8(10-5-2)9-6-12-7(3)11-9/h4,6,8,10H,1,5H2,2-3H3. The van der Waals surface area contributed by atoms with E-state index in [0.29, 0.717) is 0 Å². The van der Waals surface area contributed by atoms with Crippen LogP contribution in [0.3, 0.4) is 0 Å². The first kappa shape index (κ1) is 9.42. The zero-order valence-electron chi connectivity index (χ0n) is 7.50. The van der Waals surface area contributed by atoms with Crippen molar-refractivity contribution in [1.82, 2.24) is 10.3 Å². The third kappa shape index (κ3) is 2.16. The molecule has 1 aromatic rings. The number of aromatic nitrogens is 1. The Morgan fingerprint density at radius 1 is 1.83 bits per heavy atom. The van der Waals surface area contributed by atoms with Crippen LogP contribution in [-0.2, 0) is 0 Å². The summed E-state index contributed by atoms with van der Waals surface area (Å²) in [6, 6.07) is 0.208. The van der Waals surface area contributed by atoms with Crippen molar-refractivity contribution in [2.24, 2.45) is 0 Å². The lowest BCUT2D eigenvalue weighted by atomic mass is 10.2. The summed E-state index contributed by atoms with van der Waals surface area (Å²) in [7, 11) is 0. The van der Waals surface area contributed by atoms with Crippen LogP contribution in [-0.4, -0.2) is 11.5 Å². The molecule has 0 spiro atoms. The summed E-state index contributed by atoms with van der Waals surface area (Å²) in [5.41, 5.74) is 1.08. The number of nitrogens with zero attached hydrogens (tertiary/aromatic N) is 1. The Hall–Kier alpha value is -0.670. The molecule has 0 radical (unpaired) electrons. The molecule has 0 aliphatic rings. The Labute approximate surface area is 77.3 Å². The molecule has 0 aliphatic carbocycles. The zero-order chi connectivity index (χ0) is 8.97. The van der Waals surface area contributed by atoms with E-state index in [2.05, 4.69) is 29.2 Å². The molecule has 0 bridgehead atoms. The lowest BCUT2D eigenvalue weighted by Gasteiger charge is -2.09. The maximum absolute atomic E-state index is 4.39. The van der Waals surface area contributed by atoms with Crippen LogP contribution in [0.25, 0.3) is 0 Å². The summed E-state index contributed by atoms with van der Waals surface area (Å²) in [6.45, 7) is 8.80. The first-order valence-electron chi connectivity index (χ1n) is 4.06. The molecule has 0 amide bonds. The van der Waals surface area contributed by atoms with Crippen LogP contribution in [0.5, 0.6) is 0 Å². The fraction of sp³-hybridized carbons (Fsp3) is 0.444. The second-order valence-electron chi connectivity index (χ2n) is 2.56. The van der Waals surface area contributed by atoms with Crippen molar-refractivity contribution in [2.45, 2.75) is 19.9 Å². The summed E-state index contributed by atoms with van der Waals surface area (Å²) in [5, 5.41) is 6.47. The second kappa shape index (κ2) is 4.38. The molecule has 0 saturated heterocycles. The molecule has 0 aromatic carbocycles. The van der Waals surface area contributed by atoms with Gasteiger partial charge in [0.15, 0.2) is 0 Å². The van der Waals surface area contributed by atoms with Crippen LogP contribution < -0.4 is 5.32 Å². The highest BCUT2D eigenvalue weighted by molar-refractivity contribution is 7.09. The van der Waals surface area contributed by atoms with Gasteiger partial charge in [-0.3, -0.25) is 0 Å². The van der Waals surface area contributed by atoms with E-state index >= 15 is 0 Å². The van der Waals surface area contributed by atoms with E-state index in [9.17, 15) is 0 Å². The van der Waals surface area contributed by atoms with Crippen molar-refractivity contribution < 1.29 is 0 Å². The highest BCUT2D eigenvalue weighted by atomic mass is 32.1. The first-order valence-corrected chi connectivity index (χ1v) is 4.93. The number of aryl methyl sites for hydroxylation is 1. The van der Waals surface area contributed by atoms with Crippen molar-refractivity contribution in [2.75, 3.05) is 6.54 Å². The third-order valence-corrected chi connectivity index (χ3v) is 2.41. The van der Waals surface area contributed by atoms with Gasteiger partial charge in [-0.1, -0.05) is 13.0 Å². The normalized spacial score (nSPS) is 12.8. The Morgan fingerprint density at radius 2 is 2.58 bits per heavy atom. The van der Waals surface area contributed by atoms with Gasteiger partial charge in [-0.25, -0.2) is 4.98 Å². The molecule has 66 valence electrons. The Morgan fingerprint density at radius 3 is 3.00 bits per heavy atom. The summed E-state index contributed by atoms with van der Waals surface area (Å²) in [4.78, 5) is 4.39. The average molecular weight is 182 g/mol. The minimum Gasteiger partial charge on any atom is -0.306 e. The van der Waals surface area contributed by atoms with E-state index in [1.54, 1.807) is 11.3 Å². The van der Waals surface area contributed by atoms with E-state index in [4.69, 9.17) is 0 Å². The predicted octanol–water partition coefficient (Wildman–Crippen LogP) is 2.29. The van der Waals surface area contributed by atoms with Gasteiger partial charge in [-0.05, 0) is 13.5 Å². The van der Waals surface area contributed by atoms with Gasteiger partial charge in [0.2, 0.25) is 0 Å². The molecular formula is C9H14N2S. The Kier molecular flexibility index (Phi) is 3.44. The average Bonchev–Trinajstić information content (AvgIpc) is 2.47. The van der Waals surface area contributed by atoms with Crippen molar-refractivity contribution in [3.8, 4) is 0 Å². The van der Waals surface area contributed by atoms with Crippen molar-refractivity contribution >= 4 is 11.3 Å². The van der Waals surface area contributed by atoms with E-state index < -0.39 is 0 Å². The van der Waals surface area contributed by atoms with Crippen LogP contribution >= 0.6 is 11.3 Å². The van der Waals surface area contributed by atoms with Crippen LogP contribution in [0.4, 0.5) is 0 Å². The first-order chi connectivity index (χ1) is 5.77. The Bertz CT molecular complexity index is 255. The van der Waals surface area contributed by atoms with E-state index in [1.165, 1.54) is 0 Å². The number of hydrogen-bond donors (Lipinski definition) is 1. The fourth-order valence-corrected chi connectivity index (χ4v) is 1.70. The summed E-state index contributed by atoms with van der Waals surface area (Å²) < 4.78 is 0. The van der Waals surface area contributed by atoms with Gasteiger partial charge in [0.05, 0.1) is 16.7 Å². The number of likely N-dealkylation sites (N-methyl/N-ethyl adjacent to an activating group) is 1. The largest absolute Gasteiger partial charge is 0.306 e. The third-order valence-electron chi connectivity index (χ3n) is 1.62. The molecule has 0 fully saturated rings. The monoisotopic (exact) mass is 182 g/mol. The topological polar surface area (TPSA) is 24.9 Å². The SMILES string of the molecule is C=CC(NCC)c1csc(C)n1. The number of hydrogen-bond acceptors (Lipinski definition) is 3. The van der Waals surface area contributed by atoms with Gasteiger partial charge in [0.25, 0.3) is 0 Å². The molecule has 12 heavy (non-hydrogen) atoms. The molecule has 1 rings (SSSR count). The molecule has 0 aliphatic heterocycles. The molecular weight excluding hydrogens is 168 g/mol. The minimum absolute atomic E-state index is 0.208. The molecule has 2 nitrogen and oxygen atoms in total. The molecule has 1 N–H and O–H groups in total. The van der Waals surface area contributed by atoms with Gasteiger partial charge < -0.3 is 5.32 Å². The number of thiazole rings is 1. The van der Waals surface area contributed by atoms with Crippen LogP contribution in [0.2, 0.25) is 0 Å². The van der Waals surface area contributed by atoms with E-state index in [1.807, 2.05) is 13.0 Å². The lowest BCUT2D eigenvalue weighted by molar-refractivity contribution is 0.636. The maximum atomic E-state index is 4.39. The summed E-state index contributed by atoms with van der Waals surface area (Å²) in [5.74, 6) is 0. The van der Waals surface area contributed by atoms with Crippen LogP contribution in [0.1, 0.15) is 23.7 Å². The number of rotatable bonds is 4. The molecule has 1 heterocycles. The van der Waals surface area contributed by atoms with Crippen molar-refractivity contribution in [1.29, 1.82) is 0 Å². The Balaban J connectivity index is 2.72. The van der Waals surface area contributed by atoms with E-state index in [-0.39, 0.29) is 6.04 Å². The van der Waals surface area contributed by atoms with Gasteiger partial charge in [-0.15, -0.1) is 17.9 Å². The van der Waals surface area contributed by atoms with Gasteiger partial charge in [-0.2, -0.15) is 0 Å². The quantitative estimate of drug-likeness (QED) is 0.723. The molecule has 1 unspecified atom stereocenters. The van der Waals surface area contributed by atoms with Crippen molar-refractivity contribution in [3.63, 3.8) is 0 Å². The zero-order valence-corrected chi connectivity index (χ0v) is 8.32. The number of nitrogens with one attached hydrogen (secondary N) is 1. The summed E-state index contributed by atoms with van der Waals surface area (Å²) in [6.07, 6.45) is 1.89. The maximum Gasteiger partial charge on any atom is 0.0898 e. The molecule has 0 saturated carbocycles. The van der Waals surface area contributed by atoms with Crippen LogP contribution in [0.15, 0.2) is 18.0 Å². The highest BCUT2D eigenvalue weighted by Crippen LogP contribution is 2.16. The highest BCUT2D eigenvalue weighted by Gasteiger charge is 2.07. The molecule has 3 heteroatoms.